The van der Waals surface area contributed by atoms with Crippen LogP contribution in [0.1, 0.15) is 25.7 Å². The number of hydrogen-bond donors (Lipinski definition) is 0. The first-order valence-corrected chi connectivity index (χ1v) is 13.1. The molecule has 3 heterocycles. The third kappa shape index (κ3) is 5.37. The zero-order valence-corrected chi connectivity index (χ0v) is 21.3. The average molecular weight is 510 g/mol. The van der Waals surface area contributed by atoms with Crippen molar-refractivity contribution in [2.75, 3.05) is 33.4 Å². The Morgan fingerprint density at radius 1 is 1.03 bits per heavy atom. The number of hydrogen-bond acceptors (Lipinski definition) is 6. The fourth-order valence-electron chi connectivity index (χ4n) is 4.43. The van der Waals surface area contributed by atoms with Gasteiger partial charge in [0.1, 0.15) is 11.0 Å². The molecule has 0 unspecified atom stereocenters. The number of nitrogens with zero attached hydrogens (tertiary/aromatic N) is 3. The minimum atomic E-state index is -0.113. The molecule has 2 aromatic carbocycles. The number of piperidine rings is 1. The number of ether oxygens (including phenoxy) is 2. The van der Waals surface area contributed by atoms with Crippen LogP contribution in [0.25, 0.3) is 26.3 Å². The number of halogens is 1. The number of aromatic nitrogens is 2. The first-order valence-electron chi connectivity index (χ1n) is 11.9. The lowest BCUT2D eigenvalue weighted by atomic mass is 10.1. The summed E-state index contributed by atoms with van der Waals surface area (Å²) in [6.45, 7) is 4.07. The molecule has 1 aliphatic rings. The van der Waals surface area contributed by atoms with E-state index in [0.29, 0.717) is 39.0 Å². The van der Waals surface area contributed by atoms with Crippen molar-refractivity contribution in [3.63, 3.8) is 0 Å². The second-order valence-corrected chi connectivity index (χ2v) is 10.2. The molecule has 182 valence electrons. The van der Waals surface area contributed by atoms with Crippen molar-refractivity contribution in [1.82, 2.24) is 14.5 Å². The van der Waals surface area contributed by atoms with Crippen LogP contribution < -0.4 is 15.0 Å². The van der Waals surface area contributed by atoms with E-state index in [-0.39, 0.29) is 5.56 Å². The summed E-state index contributed by atoms with van der Waals surface area (Å²) in [5.41, 5.74) is 2.26. The van der Waals surface area contributed by atoms with Crippen LogP contribution in [-0.4, -0.2) is 47.8 Å². The maximum atomic E-state index is 13.3. The number of methoxy groups -OCH3 is 1. The van der Waals surface area contributed by atoms with Gasteiger partial charge in [0.25, 0.3) is 5.56 Å². The second-order valence-electron chi connectivity index (χ2n) is 8.69. The number of rotatable bonds is 8. The fraction of sp³-hybridized carbons (Fsp3) is 0.333. The Morgan fingerprint density at radius 3 is 2.60 bits per heavy atom. The van der Waals surface area contributed by atoms with E-state index in [1.165, 1.54) is 43.7 Å². The molecule has 6 nitrogen and oxygen atoms in total. The van der Waals surface area contributed by atoms with Gasteiger partial charge in [0.15, 0.2) is 11.5 Å². The molecule has 0 radical (unpaired) electrons. The van der Waals surface area contributed by atoms with E-state index in [1.54, 1.807) is 18.0 Å². The quantitative estimate of drug-likeness (QED) is 0.271. The van der Waals surface area contributed by atoms with Crippen molar-refractivity contribution >= 4 is 33.2 Å². The van der Waals surface area contributed by atoms with Gasteiger partial charge in [0, 0.05) is 22.5 Å². The van der Waals surface area contributed by atoms with E-state index in [0.717, 1.165) is 23.4 Å². The zero-order valence-electron chi connectivity index (χ0n) is 19.7. The number of thiophene rings is 1. The highest BCUT2D eigenvalue weighted by Crippen LogP contribution is 2.33. The van der Waals surface area contributed by atoms with Crippen molar-refractivity contribution in [3.05, 3.63) is 70.2 Å². The van der Waals surface area contributed by atoms with Gasteiger partial charge in [-0.3, -0.25) is 9.36 Å². The van der Waals surface area contributed by atoms with Gasteiger partial charge in [-0.05, 0) is 68.2 Å². The van der Waals surface area contributed by atoms with Gasteiger partial charge < -0.3 is 14.4 Å². The third-order valence-electron chi connectivity index (χ3n) is 6.32. The maximum absolute atomic E-state index is 13.3. The Balaban J connectivity index is 1.33. The molecular formula is C27H28ClN3O3S. The van der Waals surface area contributed by atoms with Gasteiger partial charge >= 0.3 is 0 Å². The lowest BCUT2D eigenvalue weighted by molar-refractivity contribution is 0.203. The number of benzene rings is 2. The van der Waals surface area contributed by atoms with Crippen molar-refractivity contribution in [2.45, 2.75) is 25.7 Å². The van der Waals surface area contributed by atoms with Gasteiger partial charge in [-0.15, -0.1) is 11.3 Å². The minimum Gasteiger partial charge on any atom is -0.493 e. The molecule has 1 aliphatic heterocycles. The smallest absolute Gasteiger partial charge is 0.275 e. The summed E-state index contributed by atoms with van der Waals surface area (Å²) >= 11 is 7.44. The SMILES string of the molecule is COc1cc(-n2cnc3cc(-c4ccc(Cl)cc4)sc3c2=O)ccc1OCCCN1CCCCC1. The molecule has 8 heteroatoms. The molecule has 0 saturated carbocycles. The Labute approximate surface area is 213 Å². The molecule has 0 amide bonds. The lowest BCUT2D eigenvalue weighted by Crippen LogP contribution is -2.31. The summed E-state index contributed by atoms with van der Waals surface area (Å²) in [5.74, 6) is 1.28. The topological polar surface area (TPSA) is 56.6 Å². The molecule has 0 aliphatic carbocycles. The van der Waals surface area contributed by atoms with Crippen molar-refractivity contribution < 1.29 is 9.47 Å². The molecule has 0 spiro atoms. The van der Waals surface area contributed by atoms with E-state index < -0.39 is 0 Å². The van der Waals surface area contributed by atoms with Crippen molar-refractivity contribution in [1.29, 1.82) is 0 Å². The maximum Gasteiger partial charge on any atom is 0.275 e. The fourth-order valence-corrected chi connectivity index (χ4v) is 5.60. The lowest BCUT2D eigenvalue weighted by Gasteiger charge is -2.26. The summed E-state index contributed by atoms with van der Waals surface area (Å²) in [4.78, 5) is 21.3. The Bertz CT molecular complexity index is 1360. The van der Waals surface area contributed by atoms with Crippen LogP contribution in [-0.2, 0) is 0 Å². The van der Waals surface area contributed by atoms with Crippen LogP contribution in [0.2, 0.25) is 5.02 Å². The molecular weight excluding hydrogens is 482 g/mol. The molecule has 1 saturated heterocycles. The van der Waals surface area contributed by atoms with Crippen LogP contribution in [0.5, 0.6) is 11.5 Å². The Hall–Kier alpha value is -2.87. The van der Waals surface area contributed by atoms with Crippen LogP contribution in [0, 0.1) is 0 Å². The van der Waals surface area contributed by atoms with Gasteiger partial charge in [-0.25, -0.2) is 4.98 Å². The van der Waals surface area contributed by atoms with E-state index in [9.17, 15) is 4.79 Å². The summed E-state index contributed by atoms with van der Waals surface area (Å²) < 4.78 is 13.7. The highest BCUT2D eigenvalue weighted by Gasteiger charge is 2.14. The first kappa shape index (κ1) is 23.9. The molecule has 2 aromatic heterocycles. The average Bonchev–Trinajstić information content (AvgIpc) is 3.33. The number of likely N-dealkylation sites (tertiary alicyclic amines) is 1. The predicted molar refractivity (Wildman–Crippen MR) is 143 cm³/mol. The molecule has 5 rings (SSSR count). The van der Waals surface area contributed by atoms with Crippen LogP contribution in [0.3, 0.4) is 0 Å². The molecule has 0 N–H and O–H groups in total. The first-order chi connectivity index (χ1) is 17.1. The summed E-state index contributed by atoms with van der Waals surface area (Å²) in [6.07, 6.45) is 6.47. The largest absolute Gasteiger partial charge is 0.493 e. The molecule has 35 heavy (non-hydrogen) atoms. The number of fused-ring (bicyclic) bond motifs is 1. The van der Waals surface area contributed by atoms with Crippen molar-refractivity contribution in [3.8, 4) is 27.6 Å². The summed E-state index contributed by atoms with van der Waals surface area (Å²) in [7, 11) is 1.61. The van der Waals surface area contributed by atoms with Gasteiger partial charge in [0.2, 0.25) is 0 Å². The normalized spacial score (nSPS) is 14.3. The predicted octanol–water partition coefficient (Wildman–Crippen LogP) is 6.03. The van der Waals surface area contributed by atoms with Crippen LogP contribution in [0.4, 0.5) is 0 Å². The van der Waals surface area contributed by atoms with E-state index in [4.69, 9.17) is 21.1 Å². The van der Waals surface area contributed by atoms with Gasteiger partial charge in [-0.1, -0.05) is 30.2 Å². The van der Waals surface area contributed by atoms with Crippen LogP contribution in [0.15, 0.2) is 59.7 Å². The van der Waals surface area contributed by atoms with Gasteiger partial charge in [-0.2, -0.15) is 0 Å². The van der Waals surface area contributed by atoms with Crippen molar-refractivity contribution in [2.24, 2.45) is 0 Å². The Morgan fingerprint density at radius 2 is 1.83 bits per heavy atom. The van der Waals surface area contributed by atoms with E-state index in [2.05, 4.69) is 9.88 Å². The molecule has 4 aromatic rings. The molecule has 0 bridgehead atoms. The molecule has 0 atom stereocenters. The van der Waals surface area contributed by atoms with Gasteiger partial charge in [0.05, 0.1) is 24.9 Å². The summed E-state index contributed by atoms with van der Waals surface area (Å²) in [6, 6.07) is 15.1. The van der Waals surface area contributed by atoms with Crippen LogP contribution >= 0.6 is 22.9 Å². The highest BCUT2D eigenvalue weighted by atomic mass is 35.5. The monoisotopic (exact) mass is 509 g/mol. The Kier molecular flexibility index (Phi) is 7.37. The standard InChI is InChI=1S/C27H28ClN3O3S/c1-33-24-16-21(10-11-23(24)34-15-5-14-30-12-3-2-4-13-30)31-18-29-22-17-25(35-26(22)27(31)32)19-6-8-20(28)9-7-19/h6-11,16-18H,2-5,12-15H2,1H3. The summed E-state index contributed by atoms with van der Waals surface area (Å²) in [5, 5.41) is 0.679. The highest BCUT2D eigenvalue weighted by molar-refractivity contribution is 7.22. The second kappa shape index (κ2) is 10.8. The van der Waals surface area contributed by atoms with E-state index in [1.807, 2.05) is 48.5 Å². The minimum absolute atomic E-state index is 0.113. The molecule has 1 fully saturated rings. The third-order valence-corrected chi connectivity index (χ3v) is 7.73. The zero-order chi connectivity index (χ0) is 24.2. The van der Waals surface area contributed by atoms with E-state index >= 15 is 0 Å².